The molecule has 1 aromatic heterocycles. The molecule has 0 radical (unpaired) electrons. The number of nitrogens with zero attached hydrogens (tertiary/aromatic N) is 1. The van der Waals surface area contributed by atoms with Crippen molar-refractivity contribution in [2.45, 2.75) is 26.3 Å². The lowest BCUT2D eigenvalue weighted by molar-refractivity contribution is 0.333. The molecule has 1 unspecified atom stereocenters. The number of aromatic nitrogens is 1. The predicted octanol–water partition coefficient (Wildman–Crippen LogP) is 1.16. The Morgan fingerprint density at radius 3 is 3.13 bits per heavy atom. The Morgan fingerprint density at radius 2 is 2.40 bits per heavy atom. The summed E-state index contributed by atoms with van der Waals surface area (Å²) in [5.74, 6) is 0.609. The van der Waals surface area contributed by atoms with Gasteiger partial charge < -0.3 is 9.88 Å². The minimum Gasteiger partial charge on any atom is -0.316 e. The summed E-state index contributed by atoms with van der Waals surface area (Å²) in [4.78, 5) is 11.6. The molecule has 0 amide bonds. The van der Waals surface area contributed by atoms with Gasteiger partial charge in [-0.25, -0.2) is 0 Å². The molecule has 2 heterocycles. The Morgan fingerprint density at radius 1 is 1.53 bits per heavy atom. The van der Waals surface area contributed by atoms with Gasteiger partial charge >= 0.3 is 0 Å². The number of pyridine rings is 1. The van der Waals surface area contributed by atoms with Gasteiger partial charge in [0.05, 0.1) is 0 Å². The summed E-state index contributed by atoms with van der Waals surface area (Å²) in [6, 6.07) is 3.53. The second-order valence-corrected chi connectivity index (χ2v) is 4.41. The Bertz CT molecular complexity index is 377. The van der Waals surface area contributed by atoms with Crippen LogP contribution in [-0.2, 0) is 6.54 Å². The van der Waals surface area contributed by atoms with Crippen LogP contribution in [0.25, 0.3) is 0 Å². The fraction of sp³-hybridized carbons (Fsp3) is 0.583. The van der Waals surface area contributed by atoms with Crippen molar-refractivity contribution in [3.05, 3.63) is 34.2 Å². The number of nitrogens with one attached hydrogen (secondary N) is 1. The van der Waals surface area contributed by atoms with E-state index in [0.717, 1.165) is 25.2 Å². The molecule has 1 fully saturated rings. The van der Waals surface area contributed by atoms with Crippen LogP contribution >= 0.6 is 0 Å². The Labute approximate surface area is 90.1 Å². The highest BCUT2D eigenvalue weighted by atomic mass is 16.1. The molecule has 1 aliphatic heterocycles. The predicted molar refractivity (Wildman–Crippen MR) is 61.0 cm³/mol. The van der Waals surface area contributed by atoms with Gasteiger partial charge in [0.2, 0.25) is 0 Å². The lowest BCUT2D eigenvalue weighted by Crippen LogP contribution is -2.34. The molecule has 0 aliphatic carbocycles. The molecule has 3 heteroatoms. The van der Waals surface area contributed by atoms with E-state index in [2.05, 4.69) is 5.32 Å². The number of rotatable bonds is 2. The molecule has 0 spiro atoms. The van der Waals surface area contributed by atoms with Crippen molar-refractivity contribution in [1.82, 2.24) is 9.88 Å². The fourth-order valence-corrected chi connectivity index (χ4v) is 2.15. The highest BCUT2D eigenvalue weighted by Crippen LogP contribution is 2.11. The van der Waals surface area contributed by atoms with Crippen molar-refractivity contribution in [3.8, 4) is 0 Å². The van der Waals surface area contributed by atoms with Crippen LogP contribution in [0.15, 0.2) is 23.1 Å². The molecule has 1 atom stereocenters. The van der Waals surface area contributed by atoms with Crippen molar-refractivity contribution < 1.29 is 0 Å². The van der Waals surface area contributed by atoms with Gasteiger partial charge in [0, 0.05) is 18.8 Å². The van der Waals surface area contributed by atoms with Crippen molar-refractivity contribution in [3.63, 3.8) is 0 Å². The van der Waals surface area contributed by atoms with Crippen LogP contribution in [0.1, 0.15) is 18.4 Å². The SMILES string of the molecule is Cc1ccc(=O)n(CC2CCCNC2)c1. The lowest BCUT2D eigenvalue weighted by Gasteiger charge is -2.23. The first-order chi connectivity index (χ1) is 7.25. The molecule has 1 aliphatic rings. The van der Waals surface area contributed by atoms with E-state index in [-0.39, 0.29) is 5.56 Å². The maximum Gasteiger partial charge on any atom is 0.250 e. The second kappa shape index (κ2) is 4.62. The highest BCUT2D eigenvalue weighted by molar-refractivity contribution is 5.07. The smallest absolute Gasteiger partial charge is 0.250 e. The summed E-state index contributed by atoms with van der Waals surface area (Å²) in [6.45, 7) is 5.04. The molecule has 15 heavy (non-hydrogen) atoms. The Kier molecular flexibility index (Phi) is 3.21. The molecule has 0 aromatic carbocycles. The van der Waals surface area contributed by atoms with E-state index in [9.17, 15) is 4.79 Å². The standard InChI is InChI=1S/C12H18N2O/c1-10-4-5-12(15)14(8-10)9-11-3-2-6-13-7-11/h4-5,8,11,13H,2-3,6-7,9H2,1H3. The normalized spacial score (nSPS) is 21.5. The molecular weight excluding hydrogens is 188 g/mol. The third kappa shape index (κ3) is 2.69. The molecule has 0 saturated carbocycles. The minimum atomic E-state index is 0.117. The quantitative estimate of drug-likeness (QED) is 0.787. The van der Waals surface area contributed by atoms with Crippen molar-refractivity contribution in [2.75, 3.05) is 13.1 Å². The van der Waals surface area contributed by atoms with Gasteiger partial charge in [0.15, 0.2) is 0 Å². The van der Waals surface area contributed by atoms with Crippen molar-refractivity contribution in [2.24, 2.45) is 5.92 Å². The zero-order valence-electron chi connectivity index (χ0n) is 9.20. The molecule has 1 saturated heterocycles. The van der Waals surface area contributed by atoms with Crippen LogP contribution in [0.4, 0.5) is 0 Å². The third-order valence-corrected chi connectivity index (χ3v) is 2.99. The summed E-state index contributed by atoms with van der Waals surface area (Å²) in [5.41, 5.74) is 1.27. The zero-order valence-corrected chi connectivity index (χ0v) is 9.20. The van der Waals surface area contributed by atoms with E-state index in [0.29, 0.717) is 5.92 Å². The molecule has 82 valence electrons. The molecule has 0 bridgehead atoms. The lowest BCUT2D eigenvalue weighted by atomic mass is 9.99. The summed E-state index contributed by atoms with van der Waals surface area (Å²) >= 11 is 0. The van der Waals surface area contributed by atoms with E-state index in [1.165, 1.54) is 12.8 Å². The van der Waals surface area contributed by atoms with E-state index < -0.39 is 0 Å². The van der Waals surface area contributed by atoms with Gasteiger partial charge in [-0.2, -0.15) is 0 Å². The Balaban J connectivity index is 2.09. The average Bonchev–Trinajstić information content (AvgIpc) is 2.25. The van der Waals surface area contributed by atoms with Gasteiger partial charge in [-0.15, -0.1) is 0 Å². The number of aryl methyl sites for hydroxylation is 1. The van der Waals surface area contributed by atoms with E-state index in [1.807, 2.05) is 23.8 Å². The van der Waals surface area contributed by atoms with Crippen molar-refractivity contribution in [1.29, 1.82) is 0 Å². The molecule has 1 N–H and O–H groups in total. The first-order valence-electron chi connectivity index (χ1n) is 5.63. The summed E-state index contributed by atoms with van der Waals surface area (Å²) in [7, 11) is 0. The largest absolute Gasteiger partial charge is 0.316 e. The molecule has 1 aromatic rings. The Hall–Kier alpha value is -1.09. The second-order valence-electron chi connectivity index (χ2n) is 4.41. The van der Waals surface area contributed by atoms with E-state index in [1.54, 1.807) is 6.07 Å². The van der Waals surface area contributed by atoms with Gasteiger partial charge in [0.1, 0.15) is 0 Å². The summed E-state index contributed by atoms with van der Waals surface area (Å²) < 4.78 is 1.84. The zero-order chi connectivity index (χ0) is 10.7. The van der Waals surface area contributed by atoms with Gasteiger partial charge in [-0.1, -0.05) is 6.07 Å². The average molecular weight is 206 g/mol. The number of piperidine rings is 1. The van der Waals surface area contributed by atoms with Crippen molar-refractivity contribution >= 4 is 0 Å². The van der Waals surface area contributed by atoms with Gasteiger partial charge in [-0.3, -0.25) is 4.79 Å². The van der Waals surface area contributed by atoms with Crippen LogP contribution in [0.5, 0.6) is 0 Å². The maximum atomic E-state index is 11.6. The fourth-order valence-electron chi connectivity index (χ4n) is 2.15. The van der Waals surface area contributed by atoms with Crippen LogP contribution < -0.4 is 10.9 Å². The van der Waals surface area contributed by atoms with E-state index >= 15 is 0 Å². The number of hydrogen-bond acceptors (Lipinski definition) is 2. The maximum absolute atomic E-state index is 11.6. The molecular formula is C12H18N2O. The summed E-state index contributed by atoms with van der Waals surface area (Å²) in [6.07, 6.45) is 4.41. The van der Waals surface area contributed by atoms with Gasteiger partial charge in [0.25, 0.3) is 5.56 Å². The number of hydrogen-bond donors (Lipinski definition) is 1. The van der Waals surface area contributed by atoms with E-state index in [4.69, 9.17) is 0 Å². The highest BCUT2D eigenvalue weighted by Gasteiger charge is 2.13. The van der Waals surface area contributed by atoms with Crippen LogP contribution in [0.3, 0.4) is 0 Å². The van der Waals surface area contributed by atoms with Gasteiger partial charge in [-0.05, 0) is 44.3 Å². The first kappa shape index (κ1) is 10.4. The van der Waals surface area contributed by atoms with Crippen LogP contribution in [0, 0.1) is 12.8 Å². The minimum absolute atomic E-state index is 0.117. The monoisotopic (exact) mass is 206 g/mol. The first-order valence-corrected chi connectivity index (χ1v) is 5.63. The van der Waals surface area contributed by atoms with Crippen LogP contribution in [-0.4, -0.2) is 17.7 Å². The molecule has 3 nitrogen and oxygen atoms in total. The topological polar surface area (TPSA) is 34.0 Å². The molecule has 2 rings (SSSR count). The third-order valence-electron chi connectivity index (χ3n) is 2.99. The summed E-state index contributed by atoms with van der Waals surface area (Å²) in [5, 5.41) is 3.37. The van der Waals surface area contributed by atoms with Crippen LogP contribution in [0.2, 0.25) is 0 Å².